The highest BCUT2D eigenvalue weighted by Crippen LogP contribution is 2.19. The van der Waals surface area contributed by atoms with Crippen LogP contribution in [0.15, 0.2) is 24.3 Å². The van der Waals surface area contributed by atoms with E-state index >= 15 is 0 Å². The summed E-state index contributed by atoms with van der Waals surface area (Å²) >= 11 is 0. The summed E-state index contributed by atoms with van der Waals surface area (Å²) in [6, 6.07) is 6.22. The van der Waals surface area contributed by atoms with Crippen molar-refractivity contribution in [2.75, 3.05) is 0 Å². The van der Waals surface area contributed by atoms with Crippen LogP contribution in [0.2, 0.25) is 0 Å². The van der Waals surface area contributed by atoms with E-state index in [4.69, 9.17) is 4.74 Å². The van der Waals surface area contributed by atoms with E-state index in [-0.39, 0.29) is 24.7 Å². The average molecular weight is 364 g/mol. The van der Waals surface area contributed by atoms with Crippen LogP contribution in [0.3, 0.4) is 0 Å². The zero-order valence-electron chi connectivity index (χ0n) is 15.0. The van der Waals surface area contributed by atoms with Crippen LogP contribution >= 0.6 is 0 Å². The molecule has 0 saturated carbocycles. The molecule has 7 nitrogen and oxygen atoms in total. The minimum Gasteiger partial charge on any atom is -0.550 e. The van der Waals surface area contributed by atoms with Crippen LogP contribution in [0.1, 0.15) is 69.8 Å². The van der Waals surface area contributed by atoms with E-state index in [1.54, 1.807) is 18.2 Å². The molecule has 1 aromatic carbocycles. The fourth-order valence-corrected chi connectivity index (χ4v) is 2.64. The highest BCUT2D eigenvalue weighted by molar-refractivity contribution is 5.69. The number of benzene rings is 1. The molecule has 0 saturated heterocycles. The van der Waals surface area contributed by atoms with Crippen molar-refractivity contribution < 1.29 is 24.4 Å². The monoisotopic (exact) mass is 364 g/mol. The van der Waals surface area contributed by atoms with Crippen molar-refractivity contribution in [1.82, 2.24) is 0 Å². The quantitative estimate of drug-likeness (QED) is 0.217. The smallest absolute Gasteiger partial charge is 0.306 e. The van der Waals surface area contributed by atoms with Gasteiger partial charge in [-0.05, 0) is 25.3 Å². The number of carbonyl (C=O) groups excluding carboxylic acids is 2. The molecular formula is C19H26NO6-. The molecule has 0 aliphatic carbocycles. The standard InChI is InChI=1S/C19H27NO6/c21-18(22)13-7-5-3-1-2-4-6-8-14-19(23)26-15-16-11-9-10-12-17(16)20(24)25/h9-12H,1-8,13-15H2,(H,21,22)/p-1. The van der Waals surface area contributed by atoms with Crippen molar-refractivity contribution in [1.29, 1.82) is 0 Å². The van der Waals surface area contributed by atoms with E-state index in [2.05, 4.69) is 0 Å². The molecule has 1 rings (SSSR count). The first-order valence-electron chi connectivity index (χ1n) is 9.08. The zero-order chi connectivity index (χ0) is 19.2. The molecule has 0 unspecified atom stereocenters. The number of ether oxygens (including phenoxy) is 1. The van der Waals surface area contributed by atoms with Gasteiger partial charge < -0.3 is 14.6 Å². The van der Waals surface area contributed by atoms with Gasteiger partial charge in [0.2, 0.25) is 0 Å². The van der Waals surface area contributed by atoms with E-state index < -0.39 is 10.9 Å². The number of aliphatic carboxylic acids is 1. The molecule has 0 radical (unpaired) electrons. The number of nitro groups is 1. The number of para-hydroxylation sites is 1. The second-order valence-corrected chi connectivity index (χ2v) is 6.25. The molecule has 0 atom stereocenters. The van der Waals surface area contributed by atoms with Crippen LogP contribution in [-0.4, -0.2) is 16.9 Å². The summed E-state index contributed by atoms with van der Waals surface area (Å²) in [6.45, 7) is -0.0815. The molecule has 1 aromatic rings. The second kappa shape index (κ2) is 12.9. The molecule has 0 N–H and O–H groups in total. The first kappa shape index (κ1) is 21.6. The lowest BCUT2D eigenvalue weighted by molar-refractivity contribution is -0.385. The minimum atomic E-state index is -0.987. The number of rotatable bonds is 14. The largest absolute Gasteiger partial charge is 0.550 e. The first-order valence-corrected chi connectivity index (χ1v) is 9.08. The average Bonchev–Trinajstić information content (AvgIpc) is 2.61. The third kappa shape index (κ3) is 9.76. The second-order valence-electron chi connectivity index (χ2n) is 6.25. The number of nitrogens with zero attached hydrogens (tertiary/aromatic N) is 1. The SMILES string of the molecule is O=C([O-])CCCCCCCCCCC(=O)OCc1ccccc1[N+](=O)[O-]. The molecule has 0 aromatic heterocycles. The summed E-state index contributed by atoms with van der Waals surface area (Å²) in [5, 5.41) is 21.1. The lowest BCUT2D eigenvalue weighted by atomic mass is 10.1. The lowest BCUT2D eigenvalue weighted by Gasteiger charge is -2.06. The number of unbranched alkanes of at least 4 members (excludes halogenated alkanes) is 7. The van der Waals surface area contributed by atoms with Crippen LogP contribution in [-0.2, 0) is 20.9 Å². The Bertz CT molecular complexity index is 587. The van der Waals surface area contributed by atoms with Gasteiger partial charge in [0.25, 0.3) is 5.69 Å². The summed E-state index contributed by atoms with van der Waals surface area (Å²) in [6.07, 6.45) is 7.87. The normalized spacial score (nSPS) is 10.5. The highest BCUT2D eigenvalue weighted by Gasteiger charge is 2.13. The third-order valence-corrected chi connectivity index (χ3v) is 4.09. The Labute approximate surface area is 153 Å². The number of nitro benzene ring substituents is 1. The highest BCUT2D eigenvalue weighted by atomic mass is 16.6. The minimum absolute atomic E-state index is 0.0417. The van der Waals surface area contributed by atoms with Crippen LogP contribution in [0.5, 0.6) is 0 Å². The Morgan fingerprint density at radius 2 is 1.42 bits per heavy atom. The maximum absolute atomic E-state index is 11.7. The molecule has 0 aliphatic heterocycles. The molecule has 26 heavy (non-hydrogen) atoms. The molecule has 0 bridgehead atoms. The summed E-state index contributed by atoms with van der Waals surface area (Å²) in [7, 11) is 0. The van der Waals surface area contributed by atoms with Crippen LogP contribution < -0.4 is 5.11 Å². The fraction of sp³-hybridized carbons (Fsp3) is 0.579. The van der Waals surface area contributed by atoms with Crippen molar-refractivity contribution in [2.45, 2.75) is 70.8 Å². The van der Waals surface area contributed by atoms with Crippen molar-refractivity contribution in [3.63, 3.8) is 0 Å². The summed E-state index contributed by atoms with van der Waals surface area (Å²) in [4.78, 5) is 32.4. The lowest BCUT2D eigenvalue weighted by Crippen LogP contribution is -2.21. The number of esters is 1. The van der Waals surface area contributed by atoms with Gasteiger partial charge in [-0.1, -0.05) is 50.7 Å². The van der Waals surface area contributed by atoms with Gasteiger partial charge in [-0.25, -0.2) is 0 Å². The van der Waals surface area contributed by atoms with Crippen LogP contribution in [0.25, 0.3) is 0 Å². The van der Waals surface area contributed by atoms with Crippen molar-refractivity contribution >= 4 is 17.6 Å². The molecular weight excluding hydrogens is 338 g/mol. The first-order chi connectivity index (χ1) is 12.5. The van der Waals surface area contributed by atoms with E-state index in [9.17, 15) is 24.8 Å². The van der Waals surface area contributed by atoms with Gasteiger partial charge in [-0.2, -0.15) is 0 Å². The van der Waals surface area contributed by atoms with E-state index in [1.165, 1.54) is 6.07 Å². The van der Waals surface area contributed by atoms with Gasteiger partial charge in [0.1, 0.15) is 6.61 Å². The Kier molecular flexibility index (Phi) is 10.7. The van der Waals surface area contributed by atoms with Gasteiger partial charge in [0.05, 0.1) is 10.5 Å². The molecule has 0 heterocycles. The van der Waals surface area contributed by atoms with E-state index in [0.29, 0.717) is 18.4 Å². The summed E-state index contributed by atoms with van der Waals surface area (Å²) in [5.74, 6) is -1.33. The third-order valence-electron chi connectivity index (χ3n) is 4.09. The van der Waals surface area contributed by atoms with E-state index in [1.807, 2.05) is 0 Å². The Morgan fingerprint density at radius 1 is 0.885 bits per heavy atom. The van der Waals surface area contributed by atoms with E-state index in [0.717, 1.165) is 44.9 Å². The van der Waals surface area contributed by atoms with Gasteiger partial charge in [-0.3, -0.25) is 14.9 Å². The Hall–Kier alpha value is -2.44. The molecule has 0 fully saturated rings. The number of carboxylic acid groups (broad SMARTS) is 1. The predicted molar refractivity (Wildman–Crippen MR) is 94.1 cm³/mol. The number of hydrogen-bond acceptors (Lipinski definition) is 6. The van der Waals surface area contributed by atoms with Crippen molar-refractivity contribution in [3.8, 4) is 0 Å². The summed E-state index contributed by atoms with van der Waals surface area (Å²) < 4.78 is 5.11. The zero-order valence-corrected chi connectivity index (χ0v) is 15.0. The van der Waals surface area contributed by atoms with Gasteiger partial charge in [0.15, 0.2) is 0 Å². The number of carboxylic acids is 1. The Balaban J connectivity index is 2.04. The van der Waals surface area contributed by atoms with Gasteiger partial charge in [0, 0.05) is 18.5 Å². The fourth-order valence-electron chi connectivity index (χ4n) is 2.64. The van der Waals surface area contributed by atoms with Crippen molar-refractivity contribution in [2.24, 2.45) is 0 Å². The van der Waals surface area contributed by atoms with Crippen LogP contribution in [0, 0.1) is 10.1 Å². The topological polar surface area (TPSA) is 110 Å². The predicted octanol–water partition coefficient (Wildman–Crippen LogP) is 3.29. The van der Waals surface area contributed by atoms with Crippen molar-refractivity contribution in [3.05, 3.63) is 39.9 Å². The molecule has 0 amide bonds. The number of hydrogen-bond donors (Lipinski definition) is 0. The molecule has 7 heteroatoms. The number of carbonyl (C=O) groups is 2. The molecule has 0 aliphatic rings. The molecule has 144 valence electrons. The van der Waals surface area contributed by atoms with Crippen LogP contribution in [0.4, 0.5) is 5.69 Å². The Morgan fingerprint density at radius 3 is 2.00 bits per heavy atom. The summed E-state index contributed by atoms with van der Waals surface area (Å²) in [5.41, 5.74) is 0.351. The van der Waals surface area contributed by atoms with Gasteiger partial charge >= 0.3 is 5.97 Å². The molecule has 0 spiro atoms. The maximum atomic E-state index is 11.7. The maximum Gasteiger partial charge on any atom is 0.306 e. The van der Waals surface area contributed by atoms with Gasteiger partial charge in [-0.15, -0.1) is 0 Å².